The van der Waals surface area contributed by atoms with E-state index in [0.29, 0.717) is 11.5 Å². The van der Waals surface area contributed by atoms with Crippen LogP contribution in [0.2, 0.25) is 0 Å². The second-order valence-electron chi connectivity index (χ2n) is 5.46. The fraction of sp³-hybridized carbons (Fsp3) is 0.105. The van der Waals surface area contributed by atoms with Gasteiger partial charge in [0.2, 0.25) is 5.91 Å². The predicted octanol–water partition coefficient (Wildman–Crippen LogP) is 4.45. The molecule has 0 spiro atoms. The van der Waals surface area contributed by atoms with E-state index in [-0.39, 0.29) is 5.91 Å². The Kier molecular flexibility index (Phi) is 5.26. The van der Waals surface area contributed by atoms with E-state index in [1.165, 1.54) is 6.33 Å². The average Bonchev–Trinajstić information content (AvgIpc) is 2.64. The second-order valence-corrected chi connectivity index (χ2v) is 6.12. The molecule has 0 aliphatic rings. The molecule has 126 valence electrons. The van der Waals surface area contributed by atoms with E-state index in [9.17, 15) is 4.79 Å². The van der Waals surface area contributed by atoms with E-state index < -0.39 is 5.38 Å². The van der Waals surface area contributed by atoms with E-state index >= 15 is 0 Å². The van der Waals surface area contributed by atoms with Gasteiger partial charge in [-0.15, -0.1) is 11.6 Å². The molecule has 3 aromatic rings. The summed E-state index contributed by atoms with van der Waals surface area (Å²) in [6.45, 7) is 1.63. The number of alkyl halides is 1. The van der Waals surface area contributed by atoms with Gasteiger partial charge in [0.1, 0.15) is 17.5 Å². The lowest BCUT2D eigenvalue weighted by Crippen LogP contribution is -2.20. The van der Waals surface area contributed by atoms with Crippen LogP contribution in [0.5, 0.6) is 0 Å². The van der Waals surface area contributed by atoms with Gasteiger partial charge < -0.3 is 10.6 Å². The number of carbonyl (C=O) groups excluding carboxylic acids is 1. The normalized spacial score (nSPS) is 11.6. The molecule has 1 amide bonds. The standard InChI is InChI=1S/C19H17ClN4O/c1-13(20)19(25)24-16-9-7-15(8-10-16)23-18-11-17(21-12-22-18)14-5-3-2-4-6-14/h2-13H,1H3,(H,24,25)(H,21,22,23). The molecule has 0 saturated heterocycles. The predicted molar refractivity (Wildman–Crippen MR) is 101 cm³/mol. The molecule has 0 aliphatic carbocycles. The fourth-order valence-electron chi connectivity index (χ4n) is 2.22. The van der Waals surface area contributed by atoms with E-state index in [1.807, 2.05) is 48.5 Å². The molecule has 0 bridgehead atoms. The Hall–Kier alpha value is -2.92. The zero-order valence-corrected chi connectivity index (χ0v) is 14.4. The zero-order chi connectivity index (χ0) is 17.6. The highest BCUT2D eigenvalue weighted by Crippen LogP contribution is 2.22. The smallest absolute Gasteiger partial charge is 0.242 e. The minimum absolute atomic E-state index is 0.231. The number of carbonyl (C=O) groups is 1. The van der Waals surface area contributed by atoms with Gasteiger partial charge in [-0.3, -0.25) is 4.79 Å². The summed E-state index contributed by atoms with van der Waals surface area (Å²) in [6.07, 6.45) is 1.53. The first-order valence-corrected chi connectivity index (χ1v) is 8.25. The summed E-state index contributed by atoms with van der Waals surface area (Å²) in [6, 6.07) is 19.1. The van der Waals surface area contributed by atoms with Gasteiger partial charge in [0, 0.05) is 23.0 Å². The van der Waals surface area contributed by atoms with Crippen molar-refractivity contribution in [1.29, 1.82) is 0 Å². The molecule has 6 heteroatoms. The summed E-state index contributed by atoms with van der Waals surface area (Å²) in [4.78, 5) is 20.1. The van der Waals surface area contributed by atoms with Gasteiger partial charge in [0.15, 0.2) is 0 Å². The van der Waals surface area contributed by atoms with Gasteiger partial charge in [-0.05, 0) is 31.2 Å². The molecule has 0 radical (unpaired) electrons. The third kappa shape index (κ3) is 4.55. The Morgan fingerprint density at radius 3 is 2.36 bits per heavy atom. The number of nitrogens with zero attached hydrogens (tertiary/aromatic N) is 2. The van der Waals surface area contributed by atoms with Gasteiger partial charge in [-0.25, -0.2) is 9.97 Å². The molecular weight excluding hydrogens is 336 g/mol. The van der Waals surface area contributed by atoms with Crippen LogP contribution in [0.15, 0.2) is 67.0 Å². The summed E-state index contributed by atoms with van der Waals surface area (Å²) in [5.74, 6) is 0.464. The number of anilines is 3. The molecule has 2 N–H and O–H groups in total. The SMILES string of the molecule is CC(Cl)C(=O)Nc1ccc(Nc2cc(-c3ccccc3)ncn2)cc1. The number of aromatic nitrogens is 2. The van der Waals surface area contributed by atoms with Crippen LogP contribution >= 0.6 is 11.6 Å². The Balaban J connectivity index is 1.71. The number of benzene rings is 2. The molecule has 0 aliphatic heterocycles. The highest BCUT2D eigenvalue weighted by Gasteiger charge is 2.09. The van der Waals surface area contributed by atoms with E-state index in [4.69, 9.17) is 11.6 Å². The van der Waals surface area contributed by atoms with Crippen molar-refractivity contribution < 1.29 is 4.79 Å². The maximum Gasteiger partial charge on any atom is 0.242 e. The van der Waals surface area contributed by atoms with Crippen LogP contribution in [-0.4, -0.2) is 21.3 Å². The minimum Gasteiger partial charge on any atom is -0.340 e. The number of hydrogen-bond acceptors (Lipinski definition) is 4. The zero-order valence-electron chi connectivity index (χ0n) is 13.6. The van der Waals surface area contributed by atoms with E-state index in [0.717, 1.165) is 16.9 Å². The van der Waals surface area contributed by atoms with Crippen molar-refractivity contribution in [2.24, 2.45) is 0 Å². The number of nitrogens with one attached hydrogen (secondary N) is 2. The molecule has 1 heterocycles. The summed E-state index contributed by atoms with van der Waals surface area (Å²) in [5.41, 5.74) is 3.42. The number of rotatable bonds is 5. The van der Waals surface area contributed by atoms with Crippen LogP contribution in [-0.2, 0) is 4.79 Å². The van der Waals surface area contributed by atoms with Crippen LogP contribution in [0.25, 0.3) is 11.3 Å². The van der Waals surface area contributed by atoms with Crippen LogP contribution in [0, 0.1) is 0 Å². The Bertz CT molecular complexity index is 851. The van der Waals surface area contributed by atoms with Crippen molar-refractivity contribution in [2.45, 2.75) is 12.3 Å². The Labute approximate surface area is 151 Å². The molecule has 0 saturated carbocycles. The molecule has 0 fully saturated rings. The maximum absolute atomic E-state index is 11.6. The molecule has 1 aromatic heterocycles. The highest BCUT2D eigenvalue weighted by molar-refractivity contribution is 6.32. The van der Waals surface area contributed by atoms with Gasteiger partial charge in [0.05, 0.1) is 5.69 Å². The van der Waals surface area contributed by atoms with E-state index in [1.54, 1.807) is 19.1 Å². The third-order valence-corrected chi connectivity index (χ3v) is 3.72. The summed E-state index contributed by atoms with van der Waals surface area (Å²) in [7, 11) is 0. The lowest BCUT2D eigenvalue weighted by molar-refractivity contribution is -0.115. The van der Waals surface area contributed by atoms with Gasteiger partial charge in [-0.2, -0.15) is 0 Å². The van der Waals surface area contributed by atoms with Crippen LogP contribution in [0.3, 0.4) is 0 Å². The first kappa shape index (κ1) is 16.9. The summed E-state index contributed by atoms with van der Waals surface area (Å²) < 4.78 is 0. The van der Waals surface area contributed by atoms with Crippen molar-refractivity contribution in [3.63, 3.8) is 0 Å². The average molecular weight is 353 g/mol. The van der Waals surface area contributed by atoms with Crippen LogP contribution in [0.1, 0.15) is 6.92 Å². The van der Waals surface area contributed by atoms with Crippen molar-refractivity contribution in [1.82, 2.24) is 9.97 Å². The molecule has 5 nitrogen and oxygen atoms in total. The Morgan fingerprint density at radius 1 is 1.00 bits per heavy atom. The molecule has 25 heavy (non-hydrogen) atoms. The lowest BCUT2D eigenvalue weighted by Gasteiger charge is -2.09. The number of amides is 1. The topological polar surface area (TPSA) is 66.9 Å². The molecular formula is C19H17ClN4O. The van der Waals surface area contributed by atoms with Crippen molar-refractivity contribution >= 4 is 34.7 Å². The fourth-order valence-corrected chi connectivity index (χ4v) is 2.27. The summed E-state index contributed by atoms with van der Waals surface area (Å²) in [5, 5.41) is 5.39. The monoisotopic (exact) mass is 352 g/mol. The van der Waals surface area contributed by atoms with Crippen molar-refractivity contribution in [2.75, 3.05) is 10.6 Å². The van der Waals surface area contributed by atoms with Gasteiger partial charge >= 0.3 is 0 Å². The Morgan fingerprint density at radius 2 is 1.68 bits per heavy atom. The molecule has 3 rings (SSSR count). The first-order valence-electron chi connectivity index (χ1n) is 7.81. The molecule has 1 atom stereocenters. The number of halogens is 1. The minimum atomic E-state index is -0.574. The third-order valence-electron chi connectivity index (χ3n) is 3.52. The largest absolute Gasteiger partial charge is 0.340 e. The van der Waals surface area contributed by atoms with Crippen molar-refractivity contribution in [3.8, 4) is 11.3 Å². The highest BCUT2D eigenvalue weighted by atomic mass is 35.5. The quantitative estimate of drug-likeness (QED) is 0.665. The van der Waals surface area contributed by atoms with Crippen LogP contribution < -0.4 is 10.6 Å². The lowest BCUT2D eigenvalue weighted by atomic mass is 10.1. The summed E-state index contributed by atoms with van der Waals surface area (Å²) >= 11 is 5.74. The first-order chi connectivity index (χ1) is 12.1. The van der Waals surface area contributed by atoms with Gasteiger partial charge in [0.25, 0.3) is 0 Å². The maximum atomic E-state index is 11.6. The van der Waals surface area contributed by atoms with Crippen molar-refractivity contribution in [3.05, 3.63) is 67.0 Å². The van der Waals surface area contributed by atoms with E-state index in [2.05, 4.69) is 20.6 Å². The van der Waals surface area contributed by atoms with Crippen LogP contribution in [0.4, 0.5) is 17.2 Å². The second kappa shape index (κ2) is 7.77. The molecule has 2 aromatic carbocycles. The molecule has 1 unspecified atom stereocenters. The number of hydrogen-bond donors (Lipinski definition) is 2. The van der Waals surface area contributed by atoms with Gasteiger partial charge in [-0.1, -0.05) is 30.3 Å².